The van der Waals surface area contributed by atoms with Gasteiger partial charge >= 0.3 is 0 Å². The number of aromatic nitrogens is 2. The molecule has 0 spiro atoms. The van der Waals surface area contributed by atoms with E-state index in [0.29, 0.717) is 12.5 Å². The molecule has 0 saturated heterocycles. The van der Waals surface area contributed by atoms with Crippen molar-refractivity contribution in [2.75, 3.05) is 6.61 Å². The molecule has 14 heavy (non-hydrogen) atoms. The lowest BCUT2D eigenvalue weighted by Gasteiger charge is -2.22. The highest BCUT2D eigenvalue weighted by Crippen LogP contribution is 2.27. The lowest BCUT2D eigenvalue weighted by molar-refractivity contribution is 0.213. The number of rotatable bonds is 3. The van der Waals surface area contributed by atoms with E-state index in [1.807, 2.05) is 0 Å². The van der Waals surface area contributed by atoms with Crippen molar-refractivity contribution in [2.24, 2.45) is 5.73 Å². The first kappa shape index (κ1) is 9.40. The molecule has 0 amide bonds. The van der Waals surface area contributed by atoms with Crippen molar-refractivity contribution < 1.29 is 4.74 Å². The quantitative estimate of drug-likeness (QED) is 0.781. The standard InChI is InChI=1S/C10H15N3O/c11-10(4-1-2-5-10)7-14-9-3-6-12-8-13-9/h3,6,8H,1-2,4-5,7,11H2. The normalized spacial score (nSPS) is 19.5. The number of hydrogen-bond donors (Lipinski definition) is 1. The molecular formula is C10H15N3O. The molecule has 2 rings (SSSR count). The van der Waals surface area contributed by atoms with Gasteiger partial charge < -0.3 is 10.5 Å². The SMILES string of the molecule is NC1(COc2ccncn2)CCCC1. The predicted octanol–water partition coefficient (Wildman–Crippen LogP) is 1.13. The topological polar surface area (TPSA) is 61.0 Å². The highest BCUT2D eigenvalue weighted by molar-refractivity contribution is 5.05. The number of hydrogen-bond acceptors (Lipinski definition) is 4. The van der Waals surface area contributed by atoms with Crippen LogP contribution in [-0.2, 0) is 0 Å². The van der Waals surface area contributed by atoms with Gasteiger partial charge in [-0.1, -0.05) is 12.8 Å². The Morgan fingerprint density at radius 3 is 2.86 bits per heavy atom. The fourth-order valence-corrected chi connectivity index (χ4v) is 1.81. The Hall–Kier alpha value is -1.16. The third-order valence-electron chi connectivity index (χ3n) is 2.66. The van der Waals surface area contributed by atoms with Crippen molar-refractivity contribution >= 4 is 0 Å². The van der Waals surface area contributed by atoms with Crippen LogP contribution in [0, 0.1) is 0 Å². The largest absolute Gasteiger partial charge is 0.476 e. The minimum absolute atomic E-state index is 0.134. The molecule has 1 aliphatic carbocycles. The van der Waals surface area contributed by atoms with E-state index in [2.05, 4.69) is 9.97 Å². The third kappa shape index (κ3) is 2.20. The van der Waals surface area contributed by atoms with Crippen LogP contribution in [0.15, 0.2) is 18.6 Å². The van der Waals surface area contributed by atoms with E-state index < -0.39 is 0 Å². The molecule has 0 unspecified atom stereocenters. The second-order valence-corrected chi connectivity index (χ2v) is 3.91. The van der Waals surface area contributed by atoms with E-state index in [1.54, 1.807) is 12.3 Å². The second-order valence-electron chi connectivity index (χ2n) is 3.91. The molecule has 1 saturated carbocycles. The lowest BCUT2D eigenvalue weighted by Crippen LogP contribution is -2.42. The minimum Gasteiger partial charge on any atom is -0.476 e. The van der Waals surface area contributed by atoms with Crippen LogP contribution in [0.5, 0.6) is 5.88 Å². The molecule has 1 heterocycles. The van der Waals surface area contributed by atoms with Crippen LogP contribution in [-0.4, -0.2) is 22.1 Å². The van der Waals surface area contributed by atoms with Crippen LogP contribution < -0.4 is 10.5 Å². The van der Waals surface area contributed by atoms with Gasteiger partial charge in [0.2, 0.25) is 5.88 Å². The van der Waals surface area contributed by atoms with Crippen molar-refractivity contribution in [3.8, 4) is 5.88 Å². The Kier molecular flexibility index (Phi) is 2.63. The first-order valence-corrected chi connectivity index (χ1v) is 4.96. The molecule has 1 fully saturated rings. The average Bonchev–Trinajstić information content (AvgIpc) is 2.65. The van der Waals surface area contributed by atoms with E-state index in [9.17, 15) is 0 Å². The Morgan fingerprint density at radius 2 is 2.21 bits per heavy atom. The number of nitrogens with two attached hydrogens (primary N) is 1. The summed E-state index contributed by atoms with van der Waals surface area (Å²) in [5.74, 6) is 0.608. The van der Waals surface area contributed by atoms with E-state index >= 15 is 0 Å². The van der Waals surface area contributed by atoms with Gasteiger partial charge in [-0.05, 0) is 12.8 Å². The van der Waals surface area contributed by atoms with Gasteiger partial charge in [0.15, 0.2) is 0 Å². The van der Waals surface area contributed by atoms with Gasteiger partial charge in [0.1, 0.15) is 12.9 Å². The molecule has 1 aromatic heterocycles. The summed E-state index contributed by atoms with van der Waals surface area (Å²) in [6.45, 7) is 0.560. The monoisotopic (exact) mass is 193 g/mol. The Labute approximate surface area is 83.5 Å². The average molecular weight is 193 g/mol. The van der Waals surface area contributed by atoms with Crippen LogP contribution >= 0.6 is 0 Å². The molecule has 76 valence electrons. The van der Waals surface area contributed by atoms with Crippen LogP contribution in [0.1, 0.15) is 25.7 Å². The van der Waals surface area contributed by atoms with Crippen LogP contribution in [0.3, 0.4) is 0 Å². The summed E-state index contributed by atoms with van der Waals surface area (Å²) in [5.41, 5.74) is 6.00. The molecule has 4 nitrogen and oxygen atoms in total. The maximum atomic E-state index is 6.14. The summed E-state index contributed by atoms with van der Waals surface area (Å²) >= 11 is 0. The predicted molar refractivity (Wildman–Crippen MR) is 52.9 cm³/mol. The summed E-state index contributed by atoms with van der Waals surface area (Å²) in [6.07, 6.45) is 7.68. The molecule has 0 bridgehead atoms. The molecule has 0 atom stereocenters. The molecule has 4 heteroatoms. The smallest absolute Gasteiger partial charge is 0.216 e. The maximum absolute atomic E-state index is 6.14. The van der Waals surface area contributed by atoms with E-state index in [0.717, 1.165) is 12.8 Å². The van der Waals surface area contributed by atoms with Gasteiger partial charge in [-0.15, -0.1) is 0 Å². The van der Waals surface area contributed by atoms with E-state index in [4.69, 9.17) is 10.5 Å². The molecule has 1 aliphatic rings. The van der Waals surface area contributed by atoms with Gasteiger partial charge in [-0.25, -0.2) is 9.97 Å². The summed E-state index contributed by atoms with van der Waals surface area (Å²) in [7, 11) is 0. The minimum atomic E-state index is -0.134. The van der Waals surface area contributed by atoms with Crippen molar-refractivity contribution in [2.45, 2.75) is 31.2 Å². The van der Waals surface area contributed by atoms with Crippen molar-refractivity contribution in [3.05, 3.63) is 18.6 Å². The van der Waals surface area contributed by atoms with Crippen LogP contribution in [0.4, 0.5) is 0 Å². The zero-order chi connectivity index (χ0) is 9.86. The highest BCUT2D eigenvalue weighted by Gasteiger charge is 2.30. The summed E-state index contributed by atoms with van der Waals surface area (Å²) < 4.78 is 5.52. The Balaban J connectivity index is 1.88. The number of nitrogens with zero attached hydrogens (tertiary/aromatic N) is 2. The van der Waals surface area contributed by atoms with Gasteiger partial charge in [0.05, 0.1) is 5.54 Å². The summed E-state index contributed by atoms with van der Waals surface area (Å²) in [6, 6.07) is 1.75. The zero-order valence-corrected chi connectivity index (χ0v) is 8.15. The molecule has 2 N–H and O–H groups in total. The first-order valence-electron chi connectivity index (χ1n) is 4.96. The molecule has 0 aliphatic heterocycles. The van der Waals surface area contributed by atoms with Crippen LogP contribution in [0.2, 0.25) is 0 Å². The first-order chi connectivity index (χ1) is 6.79. The van der Waals surface area contributed by atoms with Gasteiger partial charge in [0.25, 0.3) is 0 Å². The van der Waals surface area contributed by atoms with Crippen LogP contribution in [0.25, 0.3) is 0 Å². The maximum Gasteiger partial charge on any atom is 0.216 e. The van der Waals surface area contributed by atoms with Crippen molar-refractivity contribution in [3.63, 3.8) is 0 Å². The molecule has 0 radical (unpaired) electrons. The third-order valence-corrected chi connectivity index (χ3v) is 2.66. The highest BCUT2D eigenvalue weighted by atomic mass is 16.5. The molecule has 1 aromatic rings. The summed E-state index contributed by atoms with van der Waals surface area (Å²) in [5, 5.41) is 0. The molecule has 0 aromatic carbocycles. The van der Waals surface area contributed by atoms with E-state index in [1.165, 1.54) is 19.2 Å². The van der Waals surface area contributed by atoms with Gasteiger partial charge in [-0.3, -0.25) is 0 Å². The van der Waals surface area contributed by atoms with Gasteiger partial charge in [-0.2, -0.15) is 0 Å². The number of ether oxygens (including phenoxy) is 1. The lowest BCUT2D eigenvalue weighted by atomic mass is 10.0. The zero-order valence-electron chi connectivity index (χ0n) is 8.15. The Morgan fingerprint density at radius 1 is 1.43 bits per heavy atom. The van der Waals surface area contributed by atoms with Crippen molar-refractivity contribution in [1.82, 2.24) is 9.97 Å². The Bertz CT molecular complexity index is 283. The fourth-order valence-electron chi connectivity index (χ4n) is 1.81. The van der Waals surface area contributed by atoms with Crippen molar-refractivity contribution in [1.29, 1.82) is 0 Å². The summed E-state index contributed by atoms with van der Waals surface area (Å²) in [4.78, 5) is 7.80. The second kappa shape index (κ2) is 3.92. The fraction of sp³-hybridized carbons (Fsp3) is 0.600. The molecular weight excluding hydrogens is 178 g/mol. The van der Waals surface area contributed by atoms with Gasteiger partial charge in [0, 0.05) is 12.3 Å². The van der Waals surface area contributed by atoms with E-state index in [-0.39, 0.29) is 5.54 Å².